The molecule has 0 aromatic heterocycles. The molecule has 128 valence electrons. The first-order chi connectivity index (χ1) is 10.8. The first-order valence-electron chi connectivity index (χ1n) is 7.80. The van der Waals surface area contributed by atoms with Gasteiger partial charge < -0.3 is 5.43 Å². The Hall–Kier alpha value is -1.66. The third-order valence-electron chi connectivity index (χ3n) is 3.20. The predicted octanol–water partition coefficient (Wildman–Crippen LogP) is 3.22. The number of nitrogens with zero attached hydrogens (tertiary/aromatic N) is 1. The van der Waals surface area contributed by atoms with Gasteiger partial charge in [0.05, 0.1) is 4.90 Å². The summed E-state index contributed by atoms with van der Waals surface area (Å²) < 4.78 is 28.7. The lowest BCUT2D eigenvalue weighted by molar-refractivity contribution is 0.597. The molecule has 6 heteroatoms. The largest absolute Gasteiger partial charge is 0.305 e. The quantitative estimate of drug-likeness (QED) is 0.455. The summed E-state index contributed by atoms with van der Waals surface area (Å²) in [5.41, 5.74) is 6.55. The second kappa shape index (κ2) is 8.84. The molecule has 0 unspecified atom stereocenters. The van der Waals surface area contributed by atoms with Crippen LogP contribution in [0.15, 0.2) is 45.7 Å². The Labute approximate surface area is 139 Å². The van der Waals surface area contributed by atoms with Gasteiger partial charge in [0.25, 0.3) is 10.0 Å². The van der Waals surface area contributed by atoms with Gasteiger partial charge >= 0.3 is 0 Å². The number of rotatable bonds is 7. The molecule has 0 aliphatic heterocycles. The number of amidine groups is 1. The highest BCUT2D eigenvalue weighted by Crippen LogP contribution is 2.18. The van der Waals surface area contributed by atoms with Crippen molar-refractivity contribution in [2.45, 2.75) is 44.9 Å². The first kappa shape index (κ1) is 19.4. The molecule has 0 radical (unpaired) electrons. The number of hydrazine groups is 1. The van der Waals surface area contributed by atoms with Crippen LogP contribution in [0.5, 0.6) is 0 Å². The van der Waals surface area contributed by atoms with Crippen molar-refractivity contribution in [2.24, 2.45) is 10.3 Å². The maximum Gasteiger partial charge on any atom is 0.284 e. The second-order valence-corrected chi connectivity index (χ2v) is 7.69. The van der Waals surface area contributed by atoms with Gasteiger partial charge in [0.1, 0.15) is 0 Å². The summed E-state index contributed by atoms with van der Waals surface area (Å²) in [6.45, 7) is 8.32. The van der Waals surface area contributed by atoms with Crippen LogP contribution >= 0.6 is 0 Å². The zero-order chi connectivity index (χ0) is 17.5. The zero-order valence-corrected chi connectivity index (χ0v) is 15.3. The van der Waals surface area contributed by atoms with Crippen LogP contribution in [-0.2, 0) is 10.0 Å². The van der Waals surface area contributed by atoms with Crippen LogP contribution in [0, 0.1) is 5.92 Å². The zero-order valence-electron chi connectivity index (χ0n) is 14.5. The van der Waals surface area contributed by atoms with E-state index in [0.717, 1.165) is 12.0 Å². The second-order valence-electron chi connectivity index (χ2n) is 6.08. The lowest BCUT2D eigenvalue weighted by Gasteiger charge is -2.07. The SMILES string of the molecule is CNNC(/C=C\CC(C)C)=NS(=O)(=O)c1ccc(C(C)C)cc1. The molecule has 0 fully saturated rings. The summed E-state index contributed by atoms with van der Waals surface area (Å²) >= 11 is 0. The van der Waals surface area contributed by atoms with E-state index in [0.29, 0.717) is 11.8 Å². The monoisotopic (exact) mass is 337 g/mol. The van der Waals surface area contributed by atoms with Crippen molar-refractivity contribution < 1.29 is 8.42 Å². The van der Waals surface area contributed by atoms with Crippen molar-refractivity contribution in [3.8, 4) is 0 Å². The highest BCUT2D eigenvalue weighted by atomic mass is 32.2. The van der Waals surface area contributed by atoms with Crippen molar-refractivity contribution >= 4 is 15.9 Å². The molecule has 0 saturated heterocycles. The van der Waals surface area contributed by atoms with E-state index in [2.05, 4.69) is 42.9 Å². The van der Waals surface area contributed by atoms with E-state index >= 15 is 0 Å². The predicted molar refractivity (Wildman–Crippen MR) is 95.9 cm³/mol. The maximum absolute atomic E-state index is 12.4. The Morgan fingerprint density at radius 1 is 1.17 bits per heavy atom. The summed E-state index contributed by atoms with van der Waals surface area (Å²) in [6.07, 6.45) is 4.44. The maximum atomic E-state index is 12.4. The van der Waals surface area contributed by atoms with Gasteiger partial charge in [-0.25, -0.2) is 5.43 Å². The number of benzene rings is 1. The van der Waals surface area contributed by atoms with Gasteiger partial charge in [0, 0.05) is 7.05 Å². The number of sulfonamides is 1. The minimum absolute atomic E-state index is 0.189. The van der Waals surface area contributed by atoms with E-state index < -0.39 is 10.0 Å². The van der Waals surface area contributed by atoms with E-state index in [1.54, 1.807) is 25.3 Å². The molecule has 0 bridgehead atoms. The van der Waals surface area contributed by atoms with Gasteiger partial charge in [-0.2, -0.15) is 8.42 Å². The van der Waals surface area contributed by atoms with Gasteiger partial charge in [-0.15, -0.1) is 4.40 Å². The summed E-state index contributed by atoms with van der Waals surface area (Å²) in [5.74, 6) is 1.12. The summed E-state index contributed by atoms with van der Waals surface area (Å²) in [7, 11) is -2.08. The fraction of sp³-hybridized carbons (Fsp3) is 0.471. The molecule has 0 aliphatic rings. The lowest BCUT2D eigenvalue weighted by atomic mass is 10.0. The molecule has 5 nitrogen and oxygen atoms in total. The molecule has 0 aliphatic carbocycles. The summed E-state index contributed by atoms with van der Waals surface area (Å²) in [4.78, 5) is 0.189. The van der Waals surface area contributed by atoms with Crippen molar-refractivity contribution in [3.05, 3.63) is 42.0 Å². The van der Waals surface area contributed by atoms with E-state index in [1.165, 1.54) is 0 Å². The Kier molecular flexibility index (Phi) is 7.45. The third-order valence-corrected chi connectivity index (χ3v) is 4.50. The van der Waals surface area contributed by atoms with Crippen molar-refractivity contribution in [2.75, 3.05) is 7.05 Å². The molecule has 0 spiro atoms. The standard InChI is InChI=1S/C17H27N3O2S/c1-13(2)7-6-8-17(19-18-5)20-23(21,22)16-11-9-15(10-12-16)14(3)4/h6,8-14,18H,7H2,1-5H3,(H,19,20)/b8-6-. The van der Waals surface area contributed by atoms with Crippen molar-refractivity contribution in [3.63, 3.8) is 0 Å². The van der Waals surface area contributed by atoms with Crippen molar-refractivity contribution in [1.29, 1.82) is 0 Å². The molecule has 0 amide bonds. The molecular weight excluding hydrogens is 310 g/mol. The molecule has 2 N–H and O–H groups in total. The number of hydrogen-bond donors (Lipinski definition) is 2. The average Bonchev–Trinajstić information content (AvgIpc) is 2.46. The average molecular weight is 337 g/mol. The Bertz CT molecular complexity index is 645. The summed E-state index contributed by atoms with van der Waals surface area (Å²) in [6, 6.07) is 6.85. The van der Waals surface area contributed by atoms with Gasteiger partial charge in [0.15, 0.2) is 5.84 Å². The molecule has 0 saturated carbocycles. The normalized spacial score (nSPS) is 13.3. The Morgan fingerprint density at radius 3 is 2.26 bits per heavy atom. The molecule has 0 atom stereocenters. The fourth-order valence-corrected chi connectivity index (χ4v) is 2.83. The molecule has 0 heterocycles. The van der Waals surface area contributed by atoms with Crippen LogP contribution in [0.4, 0.5) is 0 Å². The first-order valence-corrected chi connectivity index (χ1v) is 9.24. The molecule has 1 rings (SSSR count). The minimum atomic E-state index is -3.74. The van der Waals surface area contributed by atoms with E-state index in [9.17, 15) is 8.42 Å². The van der Waals surface area contributed by atoms with E-state index in [-0.39, 0.29) is 10.7 Å². The Morgan fingerprint density at radius 2 is 1.78 bits per heavy atom. The van der Waals surface area contributed by atoms with Gasteiger partial charge in [-0.05, 0) is 42.0 Å². The van der Waals surface area contributed by atoms with Gasteiger partial charge in [-0.3, -0.25) is 0 Å². The highest BCUT2D eigenvalue weighted by molar-refractivity contribution is 7.90. The van der Waals surface area contributed by atoms with Crippen LogP contribution in [0.1, 0.15) is 45.6 Å². The molecule has 1 aromatic rings. The van der Waals surface area contributed by atoms with Gasteiger partial charge in [-0.1, -0.05) is 45.9 Å². The lowest BCUT2D eigenvalue weighted by Crippen LogP contribution is -2.33. The van der Waals surface area contributed by atoms with Crippen LogP contribution < -0.4 is 10.9 Å². The number of nitrogens with one attached hydrogen (secondary N) is 2. The van der Waals surface area contributed by atoms with Gasteiger partial charge in [0.2, 0.25) is 0 Å². The van der Waals surface area contributed by atoms with Crippen LogP contribution in [-0.4, -0.2) is 21.3 Å². The Balaban J connectivity index is 3.04. The fourth-order valence-electron chi connectivity index (χ4n) is 1.88. The van der Waals surface area contributed by atoms with Crippen LogP contribution in [0.2, 0.25) is 0 Å². The number of hydrogen-bond acceptors (Lipinski definition) is 3. The smallest absolute Gasteiger partial charge is 0.284 e. The molecule has 23 heavy (non-hydrogen) atoms. The molecular formula is C17H27N3O2S. The van der Waals surface area contributed by atoms with E-state index in [4.69, 9.17) is 0 Å². The summed E-state index contributed by atoms with van der Waals surface area (Å²) in [5, 5.41) is 0. The third kappa shape index (κ3) is 6.54. The van der Waals surface area contributed by atoms with E-state index in [1.807, 2.05) is 18.2 Å². The van der Waals surface area contributed by atoms with Crippen LogP contribution in [0.3, 0.4) is 0 Å². The minimum Gasteiger partial charge on any atom is -0.305 e. The highest BCUT2D eigenvalue weighted by Gasteiger charge is 2.14. The van der Waals surface area contributed by atoms with Crippen molar-refractivity contribution in [1.82, 2.24) is 10.9 Å². The number of allylic oxidation sites excluding steroid dienone is 1. The topological polar surface area (TPSA) is 70.6 Å². The van der Waals surface area contributed by atoms with Crippen LogP contribution in [0.25, 0.3) is 0 Å². The molecule has 1 aromatic carbocycles.